The molecule has 0 fully saturated rings. The van der Waals surface area contributed by atoms with Crippen molar-refractivity contribution >= 4 is 12.1 Å². The number of nitrogens with zero attached hydrogens (tertiary/aromatic N) is 2. The van der Waals surface area contributed by atoms with Gasteiger partial charge in [-0.15, -0.1) is 0 Å². The van der Waals surface area contributed by atoms with E-state index < -0.39 is 18.7 Å². The fourth-order valence-corrected chi connectivity index (χ4v) is 1.77. The maximum atomic E-state index is 12.0. The molecule has 0 aliphatic carbocycles. The van der Waals surface area contributed by atoms with Crippen molar-refractivity contribution < 1.29 is 22.7 Å². The van der Waals surface area contributed by atoms with Gasteiger partial charge in [-0.3, -0.25) is 9.78 Å². The van der Waals surface area contributed by atoms with Crippen molar-refractivity contribution in [1.29, 1.82) is 0 Å². The van der Waals surface area contributed by atoms with Crippen molar-refractivity contribution in [2.24, 2.45) is 5.10 Å². The van der Waals surface area contributed by atoms with E-state index in [0.717, 1.165) is 0 Å². The van der Waals surface area contributed by atoms with E-state index in [0.29, 0.717) is 11.1 Å². The number of benzene rings is 1. The Balaban J connectivity index is 1.90. The molecule has 0 spiro atoms. The summed E-state index contributed by atoms with van der Waals surface area (Å²) < 4.78 is 40.7. The van der Waals surface area contributed by atoms with Crippen LogP contribution in [0.1, 0.15) is 21.5 Å². The predicted octanol–water partition coefficient (Wildman–Crippen LogP) is 2.92. The predicted molar refractivity (Wildman–Crippen MR) is 81.5 cm³/mol. The molecular formula is C16H14F3N3O2. The van der Waals surface area contributed by atoms with Gasteiger partial charge in [0.25, 0.3) is 5.91 Å². The average Bonchev–Trinajstić information content (AvgIpc) is 2.55. The van der Waals surface area contributed by atoms with Crippen LogP contribution in [0.2, 0.25) is 0 Å². The number of amides is 1. The summed E-state index contributed by atoms with van der Waals surface area (Å²) in [6.45, 7) is -1.57. The Morgan fingerprint density at radius 2 is 2.12 bits per heavy atom. The second-order valence-electron chi connectivity index (χ2n) is 4.79. The topological polar surface area (TPSA) is 63.6 Å². The van der Waals surface area contributed by atoms with Crippen LogP contribution in [0.25, 0.3) is 0 Å². The van der Waals surface area contributed by atoms with E-state index >= 15 is 0 Å². The van der Waals surface area contributed by atoms with E-state index in [4.69, 9.17) is 0 Å². The van der Waals surface area contributed by atoms with E-state index in [1.807, 2.05) is 0 Å². The Morgan fingerprint density at radius 1 is 1.29 bits per heavy atom. The first kappa shape index (κ1) is 17.6. The number of carbonyl (C=O) groups excluding carboxylic acids is 1. The fraction of sp³-hybridized carbons (Fsp3) is 0.188. The quantitative estimate of drug-likeness (QED) is 0.651. The average molecular weight is 337 g/mol. The molecule has 8 heteroatoms. The summed E-state index contributed by atoms with van der Waals surface area (Å²) in [4.78, 5) is 15.9. The molecule has 0 bridgehead atoms. The van der Waals surface area contributed by atoms with E-state index in [1.54, 1.807) is 36.7 Å². The van der Waals surface area contributed by atoms with Gasteiger partial charge in [0, 0.05) is 23.5 Å². The molecule has 1 amide bonds. The van der Waals surface area contributed by atoms with Crippen molar-refractivity contribution in [1.82, 2.24) is 10.4 Å². The molecule has 0 atom stereocenters. The maximum Gasteiger partial charge on any atom is 0.411 e. The Hall–Kier alpha value is -2.74. The number of hydrogen-bond acceptors (Lipinski definition) is 4. The largest absolute Gasteiger partial charge is 0.411 e. The van der Waals surface area contributed by atoms with Crippen LogP contribution in [0, 0.1) is 0 Å². The molecule has 1 aromatic heterocycles. The highest BCUT2D eigenvalue weighted by molar-refractivity contribution is 5.95. The monoisotopic (exact) mass is 337 g/mol. The third-order valence-corrected chi connectivity index (χ3v) is 2.79. The molecule has 0 aliphatic rings. The van der Waals surface area contributed by atoms with Gasteiger partial charge in [-0.05, 0) is 23.8 Å². The number of hydrogen-bond donors (Lipinski definition) is 1. The second-order valence-corrected chi connectivity index (χ2v) is 4.79. The molecule has 24 heavy (non-hydrogen) atoms. The molecule has 0 saturated carbocycles. The van der Waals surface area contributed by atoms with Gasteiger partial charge in [-0.1, -0.05) is 18.2 Å². The molecular weight excluding hydrogens is 323 g/mol. The Morgan fingerprint density at radius 3 is 2.83 bits per heavy atom. The van der Waals surface area contributed by atoms with Crippen LogP contribution in [0.15, 0.2) is 53.9 Å². The number of halogens is 3. The van der Waals surface area contributed by atoms with Gasteiger partial charge in [0.1, 0.15) is 6.61 Å². The molecule has 0 saturated heterocycles. The highest BCUT2D eigenvalue weighted by Crippen LogP contribution is 2.16. The van der Waals surface area contributed by atoms with Crippen molar-refractivity contribution in [2.45, 2.75) is 12.8 Å². The van der Waals surface area contributed by atoms with E-state index in [2.05, 4.69) is 20.2 Å². The van der Waals surface area contributed by atoms with Crippen LogP contribution in [-0.2, 0) is 11.3 Å². The van der Waals surface area contributed by atoms with Gasteiger partial charge in [-0.2, -0.15) is 18.3 Å². The maximum absolute atomic E-state index is 12.0. The fourth-order valence-electron chi connectivity index (χ4n) is 1.77. The number of nitrogens with one attached hydrogen (secondary N) is 1. The molecule has 5 nitrogen and oxygen atoms in total. The summed E-state index contributed by atoms with van der Waals surface area (Å²) in [5.74, 6) is -0.479. The van der Waals surface area contributed by atoms with Crippen LogP contribution in [0.3, 0.4) is 0 Å². The smallest absolute Gasteiger partial charge is 0.367 e. The van der Waals surface area contributed by atoms with Crippen molar-refractivity contribution in [3.05, 3.63) is 65.5 Å². The van der Waals surface area contributed by atoms with Gasteiger partial charge < -0.3 is 4.74 Å². The molecule has 0 unspecified atom stereocenters. The van der Waals surface area contributed by atoms with E-state index in [9.17, 15) is 18.0 Å². The summed E-state index contributed by atoms with van der Waals surface area (Å²) in [5, 5.41) is 3.80. The number of rotatable bonds is 6. The number of ether oxygens (including phenoxy) is 1. The van der Waals surface area contributed by atoms with Crippen LogP contribution >= 0.6 is 0 Å². The lowest BCUT2D eigenvalue weighted by Crippen LogP contribution is -2.18. The van der Waals surface area contributed by atoms with E-state index in [1.165, 1.54) is 18.3 Å². The number of aromatic nitrogens is 1. The first-order valence-electron chi connectivity index (χ1n) is 6.91. The third-order valence-electron chi connectivity index (χ3n) is 2.79. The highest BCUT2D eigenvalue weighted by atomic mass is 19.4. The molecule has 2 aromatic rings. The Labute approximate surface area is 136 Å². The lowest BCUT2D eigenvalue weighted by atomic mass is 10.1. The SMILES string of the molecule is O=C(NN=Cc1cccnc1)c1cccc(COCC(F)(F)F)c1. The second kappa shape index (κ2) is 8.21. The Bertz CT molecular complexity index is 703. The first-order valence-corrected chi connectivity index (χ1v) is 6.91. The molecule has 1 N–H and O–H groups in total. The minimum absolute atomic E-state index is 0.237. The number of alkyl halides is 3. The zero-order chi connectivity index (χ0) is 17.4. The first-order chi connectivity index (χ1) is 11.4. The lowest BCUT2D eigenvalue weighted by molar-refractivity contribution is -0.176. The molecule has 0 aliphatic heterocycles. The molecule has 126 valence electrons. The summed E-state index contributed by atoms with van der Waals surface area (Å²) in [5.41, 5.74) is 3.78. The minimum atomic E-state index is -4.38. The van der Waals surface area contributed by atoms with Gasteiger partial charge in [0.2, 0.25) is 0 Å². The normalized spacial score (nSPS) is 11.6. The van der Waals surface area contributed by atoms with E-state index in [-0.39, 0.29) is 12.2 Å². The lowest BCUT2D eigenvalue weighted by Gasteiger charge is -2.08. The molecule has 2 rings (SSSR count). The summed E-state index contributed by atoms with van der Waals surface area (Å²) >= 11 is 0. The minimum Gasteiger partial charge on any atom is -0.367 e. The molecule has 1 heterocycles. The van der Waals surface area contributed by atoms with Gasteiger partial charge >= 0.3 is 6.18 Å². The van der Waals surface area contributed by atoms with Crippen molar-refractivity contribution in [3.63, 3.8) is 0 Å². The third kappa shape index (κ3) is 6.17. The standard InChI is InChI=1S/C16H14F3N3O2/c17-16(18,19)11-24-10-12-3-1-5-14(7-12)15(23)22-21-9-13-4-2-6-20-8-13/h1-9H,10-11H2,(H,22,23). The molecule has 0 radical (unpaired) electrons. The Kier molecular flexibility index (Phi) is 6.02. The number of pyridine rings is 1. The number of hydrazone groups is 1. The number of carbonyl (C=O) groups is 1. The highest BCUT2D eigenvalue weighted by Gasteiger charge is 2.27. The zero-order valence-corrected chi connectivity index (χ0v) is 12.5. The van der Waals surface area contributed by atoms with Crippen LogP contribution in [-0.4, -0.2) is 29.9 Å². The molecule has 1 aromatic carbocycles. The van der Waals surface area contributed by atoms with Crippen molar-refractivity contribution in [2.75, 3.05) is 6.61 Å². The van der Waals surface area contributed by atoms with Crippen LogP contribution in [0.5, 0.6) is 0 Å². The van der Waals surface area contributed by atoms with Gasteiger partial charge in [-0.25, -0.2) is 5.43 Å². The van der Waals surface area contributed by atoms with Crippen LogP contribution in [0.4, 0.5) is 13.2 Å². The summed E-state index contributed by atoms with van der Waals surface area (Å²) in [7, 11) is 0. The van der Waals surface area contributed by atoms with Gasteiger partial charge in [0.05, 0.1) is 12.8 Å². The van der Waals surface area contributed by atoms with Crippen LogP contribution < -0.4 is 5.43 Å². The van der Waals surface area contributed by atoms with Crippen molar-refractivity contribution in [3.8, 4) is 0 Å². The zero-order valence-electron chi connectivity index (χ0n) is 12.5. The summed E-state index contributed by atoms with van der Waals surface area (Å²) in [6.07, 6.45) is 0.244. The van der Waals surface area contributed by atoms with Gasteiger partial charge in [0.15, 0.2) is 0 Å². The summed E-state index contributed by atoms with van der Waals surface area (Å²) in [6, 6.07) is 9.61.